The first-order chi connectivity index (χ1) is 10.1. The molecule has 2 N–H and O–H groups in total. The topological polar surface area (TPSA) is 35.2 Å². The number of ether oxygens (including phenoxy) is 1. The smallest absolute Gasteiger partial charge is 0.138 e. The zero-order chi connectivity index (χ0) is 14.8. The van der Waals surface area contributed by atoms with E-state index >= 15 is 0 Å². The molecule has 2 nitrogen and oxygen atoms in total. The fourth-order valence-corrected chi connectivity index (χ4v) is 3.09. The number of thiocarbonyl (C=S) groups is 1. The van der Waals surface area contributed by atoms with Crippen molar-refractivity contribution in [2.24, 2.45) is 5.73 Å². The predicted octanol–water partition coefficient (Wildman–Crippen LogP) is 4.43. The van der Waals surface area contributed by atoms with Gasteiger partial charge in [-0.25, -0.2) is 0 Å². The van der Waals surface area contributed by atoms with Gasteiger partial charge in [0.15, 0.2) is 0 Å². The van der Waals surface area contributed by atoms with E-state index in [2.05, 4.69) is 24.3 Å². The molecule has 1 aliphatic carbocycles. The van der Waals surface area contributed by atoms with Crippen LogP contribution in [0.4, 0.5) is 0 Å². The fraction of sp³-hybridized carbons (Fsp3) is 0.235. The van der Waals surface area contributed by atoms with Crippen molar-refractivity contribution in [3.63, 3.8) is 0 Å². The molecular formula is C17H16ClNOS. The third-order valence-electron chi connectivity index (χ3n) is 3.80. The molecule has 108 valence electrons. The lowest BCUT2D eigenvalue weighted by atomic mass is 9.89. The summed E-state index contributed by atoms with van der Waals surface area (Å²) in [6.07, 6.45) is 3.31. The number of rotatable bonds is 3. The second kappa shape index (κ2) is 6.04. The van der Waals surface area contributed by atoms with Crippen LogP contribution in [0.2, 0.25) is 5.02 Å². The average molecular weight is 318 g/mol. The molecule has 4 heteroatoms. The van der Waals surface area contributed by atoms with Crippen molar-refractivity contribution in [1.29, 1.82) is 0 Å². The van der Waals surface area contributed by atoms with Gasteiger partial charge >= 0.3 is 0 Å². The van der Waals surface area contributed by atoms with Crippen molar-refractivity contribution in [2.45, 2.75) is 25.4 Å². The molecule has 0 aromatic heterocycles. The van der Waals surface area contributed by atoms with Crippen LogP contribution in [0.25, 0.3) is 0 Å². The minimum absolute atomic E-state index is 0.0585. The Labute approximate surface area is 134 Å². The van der Waals surface area contributed by atoms with Gasteiger partial charge in [-0.1, -0.05) is 48.1 Å². The lowest BCUT2D eigenvalue weighted by molar-refractivity contribution is 0.183. The molecule has 0 amide bonds. The van der Waals surface area contributed by atoms with Crippen LogP contribution < -0.4 is 10.5 Å². The Hall–Kier alpha value is -1.58. The first-order valence-electron chi connectivity index (χ1n) is 6.99. The standard InChI is InChI=1S/C17H16ClNOS/c18-14-10-12(17(19)21)8-9-16(14)20-15-7-3-5-11-4-1-2-6-13(11)15/h1-2,4,6,8-10,15H,3,5,7H2,(H2,19,21). The van der Waals surface area contributed by atoms with Gasteiger partial charge in [-0.15, -0.1) is 0 Å². The van der Waals surface area contributed by atoms with Crippen molar-refractivity contribution in [2.75, 3.05) is 0 Å². The Kier molecular flexibility index (Phi) is 4.13. The molecule has 0 bridgehead atoms. The van der Waals surface area contributed by atoms with E-state index in [9.17, 15) is 0 Å². The van der Waals surface area contributed by atoms with Crippen molar-refractivity contribution < 1.29 is 4.74 Å². The predicted molar refractivity (Wildman–Crippen MR) is 90.1 cm³/mol. The summed E-state index contributed by atoms with van der Waals surface area (Å²) in [6, 6.07) is 13.9. The lowest BCUT2D eigenvalue weighted by Crippen LogP contribution is -2.15. The highest BCUT2D eigenvalue weighted by Crippen LogP contribution is 2.36. The summed E-state index contributed by atoms with van der Waals surface area (Å²) in [7, 11) is 0. The van der Waals surface area contributed by atoms with E-state index < -0.39 is 0 Å². The maximum Gasteiger partial charge on any atom is 0.138 e. The van der Waals surface area contributed by atoms with Gasteiger partial charge in [0.1, 0.15) is 16.8 Å². The quantitative estimate of drug-likeness (QED) is 0.850. The molecule has 2 aromatic carbocycles. The van der Waals surface area contributed by atoms with Crippen LogP contribution in [0.5, 0.6) is 5.75 Å². The molecule has 21 heavy (non-hydrogen) atoms. The highest BCUT2D eigenvalue weighted by molar-refractivity contribution is 7.80. The molecule has 0 radical (unpaired) electrons. The molecule has 0 saturated heterocycles. The van der Waals surface area contributed by atoms with E-state index in [1.165, 1.54) is 11.1 Å². The highest BCUT2D eigenvalue weighted by atomic mass is 35.5. The summed E-state index contributed by atoms with van der Waals surface area (Å²) in [6.45, 7) is 0. The number of hydrogen-bond acceptors (Lipinski definition) is 2. The van der Waals surface area contributed by atoms with Crippen LogP contribution in [0.15, 0.2) is 42.5 Å². The molecule has 0 spiro atoms. The number of halogens is 1. The maximum absolute atomic E-state index is 6.28. The van der Waals surface area contributed by atoms with E-state index in [1.807, 2.05) is 12.1 Å². The average Bonchev–Trinajstić information content (AvgIpc) is 2.49. The first kappa shape index (κ1) is 14.4. The largest absolute Gasteiger partial charge is 0.484 e. The van der Waals surface area contributed by atoms with E-state index in [-0.39, 0.29) is 6.10 Å². The van der Waals surface area contributed by atoms with E-state index in [1.54, 1.807) is 6.07 Å². The normalized spacial score (nSPS) is 17.1. The maximum atomic E-state index is 6.28. The van der Waals surface area contributed by atoms with Crippen molar-refractivity contribution in [1.82, 2.24) is 0 Å². The van der Waals surface area contributed by atoms with Gasteiger partial charge in [0.2, 0.25) is 0 Å². The van der Waals surface area contributed by atoms with Gasteiger partial charge in [-0.2, -0.15) is 0 Å². The Balaban J connectivity index is 1.86. The van der Waals surface area contributed by atoms with Gasteiger partial charge < -0.3 is 10.5 Å². The Morgan fingerprint density at radius 3 is 2.81 bits per heavy atom. The van der Waals surface area contributed by atoms with Gasteiger partial charge in [0.25, 0.3) is 0 Å². The summed E-state index contributed by atoms with van der Waals surface area (Å²) < 4.78 is 6.13. The second-order valence-corrected chi connectivity index (χ2v) is 6.05. The molecule has 1 aliphatic rings. The summed E-state index contributed by atoms with van der Waals surface area (Å²) >= 11 is 11.2. The highest BCUT2D eigenvalue weighted by Gasteiger charge is 2.22. The number of hydrogen-bond donors (Lipinski definition) is 1. The molecule has 0 fully saturated rings. The molecule has 0 saturated carbocycles. The minimum Gasteiger partial charge on any atom is -0.484 e. The van der Waals surface area contributed by atoms with Crippen LogP contribution >= 0.6 is 23.8 Å². The molecule has 2 aromatic rings. The minimum atomic E-state index is 0.0585. The van der Waals surface area contributed by atoms with E-state index in [4.69, 9.17) is 34.3 Å². The third-order valence-corrected chi connectivity index (χ3v) is 4.33. The lowest BCUT2D eigenvalue weighted by Gasteiger charge is -2.26. The monoisotopic (exact) mass is 317 g/mol. The van der Waals surface area contributed by atoms with Gasteiger partial charge in [0.05, 0.1) is 5.02 Å². The van der Waals surface area contributed by atoms with Crippen LogP contribution in [-0.4, -0.2) is 4.99 Å². The molecule has 3 rings (SSSR count). The Morgan fingerprint density at radius 2 is 2.05 bits per heavy atom. The van der Waals surface area contributed by atoms with Crippen molar-refractivity contribution in [3.8, 4) is 5.75 Å². The van der Waals surface area contributed by atoms with Crippen molar-refractivity contribution in [3.05, 3.63) is 64.2 Å². The molecule has 1 unspecified atom stereocenters. The van der Waals surface area contributed by atoms with Crippen LogP contribution in [-0.2, 0) is 6.42 Å². The van der Waals surface area contributed by atoms with Crippen LogP contribution in [0.3, 0.4) is 0 Å². The zero-order valence-electron chi connectivity index (χ0n) is 11.5. The third kappa shape index (κ3) is 3.04. The number of aryl methyl sites for hydroxylation is 1. The first-order valence-corrected chi connectivity index (χ1v) is 7.77. The van der Waals surface area contributed by atoms with Crippen LogP contribution in [0.1, 0.15) is 35.6 Å². The van der Waals surface area contributed by atoms with E-state index in [0.717, 1.165) is 24.8 Å². The number of fused-ring (bicyclic) bond motifs is 1. The Bertz CT molecular complexity index is 686. The van der Waals surface area contributed by atoms with Crippen LogP contribution in [0, 0.1) is 0 Å². The summed E-state index contributed by atoms with van der Waals surface area (Å²) in [4.78, 5) is 0.339. The SMILES string of the molecule is NC(=S)c1ccc(OC2CCCc3ccccc32)c(Cl)c1. The second-order valence-electron chi connectivity index (χ2n) is 5.21. The van der Waals surface area contributed by atoms with Gasteiger partial charge in [-0.3, -0.25) is 0 Å². The summed E-state index contributed by atoms with van der Waals surface area (Å²) in [5.74, 6) is 0.679. The molecule has 1 atom stereocenters. The molecule has 0 aliphatic heterocycles. The fourth-order valence-electron chi connectivity index (χ4n) is 2.73. The van der Waals surface area contributed by atoms with Gasteiger partial charge in [-0.05, 0) is 48.6 Å². The molecular weight excluding hydrogens is 302 g/mol. The summed E-state index contributed by atoms with van der Waals surface area (Å²) in [5, 5.41) is 0.545. The van der Waals surface area contributed by atoms with Crippen molar-refractivity contribution >= 4 is 28.8 Å². The summed E-state index contributed by atoms with van der Waals surface area (Å²) in [5.41, 5.74) is 9.00. The number of nitrogens with two attached hydrogens (primary N) is 1. The number of benzene rings is 2. The van der Waals surface area contributed by atoms with Gasteiger partial charge in [0, 0.05) is 5.56 Å². The zero-order valence-corrected chi connectivity index (χ0v) is 13.1. The Morgan fingerprint density at radius 1 is 1.24 bits per heavy atom. The van der Waals surface area contributed by atoms with E-state index in [0.29, 0.717) is 15.8 Å². The molecule has 0 heterocycles.